The standard InChI is InChI=1S/C25H29N3O5.C24H25N5O3.CH4/c1-13-20(14(2)33-27-13)16-11-17(22(29)19-7-6-10-31-19)21-18(12-16)28(23(26-21)15-8-9-15)24(30)32-25(3,4)5;1-13-21(14(2)32-29-13)16-11-17(22-18(12-16)26-23(27-22)15-7-8-15)24(30,20-6-4-10-31-20)19-5-3-9-25-28-19;/h11-12,15,19H,6-10H2,1-5H3;3,5,9,11-12,15,20,30H,4,6-8,10H2,1-2H3,(H,26,27);1H4. The number of aromatic nitrogens is 8. The van der Waals surface area contributed by atoms with Crippen molar-refractivity contribution < 1.29 is 38.0 Å². The highest BCUT2D eigenvalue weighted by atomic mass is 16.6. The maximum absolute atomic E-state index is 13.5. The third-order valence-corrected chi connectivity index (χ3v) is 12.8. The Morgan fingerprint density at radius 1 is 0.818 bits per heavy atom. The molecule has 5 aromatic heterocycles. The van der Waals surface area contributed by atoms with E-state index in [-0.39, 0.29) is 19.1 Å². The van der Waals surface area contributed by atoms with Crippen molar-refractivity contribution in [1.29, 1.82) is 0 Å². The van der Waals surface area contributed by atoms with E-state index < -0.39 is 29.5 Å². The smallest absolute Gasteiger partial charge is 0.420 e. The minimum atomic E-state index is -1.49. The van der Waals surface area contributed by atoms with Crippen LogP contribution in [0.2, 0.25) is 0 Å². The fourth-order valence-electron chi connectivity index (χ4n) is 9.40. The molecule has 2 aliphatic carbocycles. The number of hydrogen-bond acceptors (Lipinski definition) is 14. The van der Waals surface area contributed by atoms with Gasteiger partial charge in [0.15, 0.2) is 11.4 Å². The number of carbonyl (C=O) groups is 2. The molecule has 7 heterocycles. The van der Waals surface area contributed by atoms with Gasteiger partial charge >= 0.3 is 6.09 Å². The van der Waals surface area contributed by atoms with Gasteiger partial charge in [0.1, 0.15) is 46.1 Å². The van der Waals surface area contributed by atoms with Crippen LogP contribution in [0.4, 0.5) is 4.79 Å². The van der Waals surface area contributed by atoms with E-state index in [4.69, 9.17) is 33.2 Å². The first-order chi connectivity index (χ1) is 31.2. The van der Waals surface area contributed by atoms with Crippen LogP contribution in [0.1, 0.15) is 148 Å². The molecule has 2 aliphatic heterocycles. The number of Topliss-reactive ketones (excluding diaryl/α,β-unsaturated/α-hetero) is 1. The van der Waals surface area contributed by atoms with Crippen LogP contribution >= 0.6 is 0 Å². The summed E-state index contributed by atoms with van der Waals surface area (Å²) >= 11 is 0. The molecule has 7 aromatic rings. The first kappa shape index (κ1) is 45.1. The minimum absolute atomic E-state index is 0. The highest BCUT2D eigenvalue weighted by Crippen LogP contribution is 2.46. The van der Waals surface area contributed by atoms with Crippen LogP contribution in [-0.2, 0) is 19.8 Å². The van der Waals surface area contributed by atoms with Gasteiger partial charge in [0, 0.05) is 53.5 Å². The first-order valence-corrected chi connectivity index (χ1v) is 22.7. The Kier molecular flexibility index (Phi) is 11.8. The lowest BCUT2D eigenvalue weighted by Gasteiger charge is -2.33. The highest BCUT2D eigenvalue weighted by Gasteiger charge is 2.47. The molecule has 4 aliphatic rings. The number of aliphatic hydroxyl groups is 1. The lowest BCUT2D eigenvalue weighted by Crippen LogP contribution is -2.41. The van der Waals surface area contributed by atoms with E-state index in [1.165, 1.54) is 0 Å². The molecule has 0 radical (unpaired) electrons. The highest BCUT2D eigenvalue weighted by molar-refractivity contribution is 6.11. The van der Waals surface area contributed by atoms with Gasteiger partial charge in [-0.15, -0.1) is 0 Å². The lowest BCUT2D eigenvalue weighted by molar-refractivity contribution is -0.0641. The molecule has 346 valence electrons. The summed E-state index contributed by atoms with van der Waals surface area (Å²) < 4.78 is 29.8. The van der Waals surface area contributed by atoms with Crippen LogP contribution in [0.5, 0.6) is 0 Å². The van der Waals surface area contributed by atoms with Crippen LogP contribution < -0.4 is 0 Å². The molecule has 2 saturated heterocycles. The summed E-state index contributed by atoms with van der Waals surface area (Å²) in [5.41, 5.74) is 7.03. The first-order valence-electron chi connectivity index (χ1n) is 22.7. The molecule has 0 bridgehead atoms. The summed E-state index contributed by atoms with van der Waals surface area (Å²) in [4.78, 5) is 40.1. The number of fused-ring (bicyclic) bond motifs is 2. The number of hydrogen-bond donors (Lipinski definition) is 2. The van der Waals surface area contributed by atoms with Crippen LogP contribution in [0.15, 0.2) is 51.6 Å². The van der Waals surface area contributed by atoms with Gasteiger partial charge in [0.2, 0.25) is 0 Å². The van der Waals surface area contributed by atoms with Gasteiger partial charge < -0.3 is 33.3 Å². The number of ketones is 1. The van der Waals surface area contributed by atoms with E-state index in [9.17, 15) is 14.7 Å². The van der Waals surface area contributed by atoms with Crippen molar-refractivity contribution in [3.63, 3.8) is 0 Å². The Labute approximate surface area is 382 Å². The van der Waals surface area contributed by atoms with E-state index in [2.05, 4.69) is 31.6 Å². The van der Waals surface area contributed by atoms with Gasteiger partial charge in [-0.3, -0.25) is 4.79 Å². The van der Waals surface area contributed by atoms with Gasteiger partial charge in [-0.05, 0) is 147 Å². The molecule has 4 fully saturated rings. The number of imidazole rings is 2. The molecule has 2 saturated carbocycles. The van der Waals surface area contributed by atoms with Crippen LogP contribution in [-0.4, -0.2) is 88.0 Å². The van der Waals surface area contributed by atoms with E-state index in [0.717, 1.165) is 95.5 Å². The average Bonchev–Trinajstić information content (AvgIpc) is 3.82. The number of H-pyrrole nitrogens is 1. The lowest BCUT2D eigenvalue weighted by atomic mass is 9.81. The number of aromatic amines is 1. The van der Waals surface area contributed by atoms with E-state index in [1.54, 1.807) is 22.9 Å². The predicted octanol–water partition coefficient (Wildman–Crippen LogP) is 9.88. The molecule has 3 atom stereocenters. The molecular weight excluding hydrogens is 841 g/mol. The summed E-state index contributed by atoms with van der Waals surface area (Å²) in [6, 6.07) is 11.4. The molecule has 16 nitrogen and oxygen atoms in total. The zero-order chi connectivity index (χ0) is 45.4. The van der Waals surface area contributed by atoms with Gasteiger partial charge in [-0.25, -0.2) is 19.3 Å². The van der Waals surface area contributed by atoms with Gasteiger partial charge in [-0.1, -0.05) is 17.7 Å². The second-order valence-electron chi connectivity index (χ2n) is 18.9. The quantitative estimate of drug-likeness (QED) is 0.129. The Bertz CT molecular complexity index is 2900. The molecule has 2 aromatic carbocycles. The van der Waals surface area contributed by atoms with E-state index in [0.29, 0.717) is 70.7 Å². The second-order valence-corrected chi connectivity index (χ2v) is 18.9. The molecule has 16 heteroatoms. The molecule has 0 spiro atoms. The van der Waals surface area contributed by atoms with Gasteiger partial charge in [-0.2, -0.15) is 10.2 Å². The number of aryl methyl sites for hydroxylation is 4. The van der Waals surface area contributed by atoms with Gasteiger partial charge in [0.25, 0.3) is 0 Å². The Morgan fingerprint density at radius 2 is 1.48 bits per heavy atom. The fourth-order valence-corrected chi connectivity index (χ4v) is 9.40. The largest absolute Gasteiger partial charge is 0.443 e. The SMILES string of the molecule is C.Cc1noc(C)c1-c1cc(C(=O)C2CCCO2)c2nc(C3CC3)n(C(=O)OC(C)(C)C)c2c1.Cc1noc(C)c1-c1cc(C(O)(c2cccnn2)C2CCCO2)c2nc(C3CC3)[nH]c2c1. The number of ether oxygens (including phenoxy) is 3. The summed E-state index contributed by atoms with van der Waals surface area (Å²) in [7, 11) is 0. The molecule has 0 amide bonds. The van der Waals surface area contributed by atoms with Crippen molar-refractivity contribution in [2.75, 3.05) is 13.2 Å². The zero-order valence-electron chi connectivity index (χ0n) is 37.9. The summed E-state index contributed by atoms with van der Waals surface area (Å²) in [6.07, 6.45) is 7.49. The summed E-state index contributed by atoms with van der Waals surface area (Å²) in [6.45, 7) is 14.2. The summed E-state index contributed by atoms with van der Waals surface area (Å²) in [5, 5.41) is 28.9. The average molecular weight is 899 g/mol. The maximum atomic E-state index is 13.5. The third-order valence-electron chi connectivity index (χ3n) is 12.8. The molecule has 3 unspecified atom stereocenters. The molecule has 2 N–H and O–H groups in total. The molecule has 11 rings (SSSR count). The van der Waals surface area contributed by atoms with Crippen molar-refractivity contribution >= 4 is 33.9 Å². The summed E-state index contributed by atoms with van der Waals surface area (Å²) in [5.74, 6) is 3.51. The number of nitrogens with zero attached hydrogens (tertiary/aromatic N) is 7. The monoisotopic (exact) mass is 898 g/mol. The Hall–Kier alpha value is -6.10. The third kappa shape index (κ3) is 8.23. The Balaban J connectivity index is 0.000000163. The maximum Gasteiger partial charge on any atom is 0.420 e. The van der Waals surface area contributed by atoms with Crippen LogP contribution in [0.3, 0.4) is 0 Å². The van der Waals surface area contributed by atoms with Crippen molar-refractivity contribution in [3.05, 3.63) is 94.0 Å². The van der Waals surface area contributed by atoms with Crippen LogP contribution in [0.25, 0.3) is 44.3 Å². The van der Waals surface area contributed by atoms with Gasteiger partial charge in [0.05, 0.1) is 34.0 Å². The minimum Gasteiger partial charge on any atom is -0.443 e. The van der Waals surface area contributed by atoms with Crippen molar-refractivity contribution in [2.45, 2.75) is 143 Å². The Morgan fingerprint density at radius 3 is 2.05 bits per heavy atom. The van der Waals surface area contributed by atoms with Crippen molar-refractivity contribution in [3.8, 4) is 22.3 Å². The topological polar surface area (TPSA) is 206 Å². The number of nitrogens with one attached hydrogen (secondary N) is 1. The number of carbonyl (C=O) groups excluding carboxylic acids is 2. The fraction of sp³-hybridized carbons (Fsp3) is 0.480. The zero-order valence-corrected chi connectivity index (χ0v) is 37.9. The molecule has 66 heavy (non-hydrogen) atoms. The van der Waals surface area contributed by atoms with Crippen molar-refractivity contribution in [2.24, 2.45) is 0 Å². The van der Waals surface area contributed by atoms with E-state index >= 15 is 0 Å². The van der Waals surface area contributed by atoms with E-state index in [1.807, 2.05) is 66.7 Å². The normalized spacial score (nSPS) is 19.4. The van der Waals surface area contributed by atoms with Crippen LogP contribution in [0, 0.1) is 27.7 Å². The second kappa shape index (κ2) is 17.3. The number of benzene rings is 2. The molecular formula is C50H58N8O8. The van der Waals surface area contributed by atoms with Crippen molar-refractivity contribution in [1.82, 2.24) is 40.0 Å². The number of rotatable bonds is 9. The predicted molar refractivity (Wildman–Crippen MR) is 245 cm³/mol.